The molecule has 1 heterocycles. The normalized spacial score (nSPS) is 18.8. The summed E-state index contributed by atoms with van der Waals surface area (Å²) in [6.45, 7) is 8.94. The van der Waals surface area contributed by atoms with Gasteiger partial charge in [-0.05, 0) is 12.8 Å². The van der Waals surface area contributed by atoms with Crippen LogP contribution < -0.4 is 5.32 Å². The van der Waals surface area contributed by atoms with Crippen molar-refractivity contribution in [1.29, 1.82) is 5.26 Å². The molecule has 1 aliphatic heterocycles. The predicted molar refractivity (Wildman–Crippen MR) is 75.6 cm³/mol. The van der Waals surface area contributed by atoms with Gasteiger partial charge in [0.25, 0.3) is 0 Å². The quantitative estimate of drug-likeness (QED) is 0.693. The first-order chi connectivity index (χ1) is 9.21. The molecule has 1 aliphatic rings. The lowest BCUT2D eigenvalue weighted by Crippen LogP contribution is -2.52. The summed E-state index contributed by atoms with van der Waals surface area (Å²) in [6, 6.07) is 2.37. The highest BCUT2D eigenvalue weighted by atomic mass is 16.2. The van der Waals surface area contributed by atoms with Crippen LogP contribution >= 0.6 is 0 Å². The van der Waals surface area contributed by atoms with E-state index in [0.29, 0.717) is 6.54 Å². The summed E-state index contributed by atoms with van der Waals surface area (Å²) in [4.78, 5) is 16.1. The van der Waals surface area contributed by atoms with E-state index < -0.39 is 0 Å². The molecule has 108 valence electrons. The molecule has 0 bridgehead atoms. The summed E-state index contributed by atoms with van der Waals surface area (Å²) in [7, 11) is 0. The van der Waals surface area contributed by atoms with Crippen LogP contribution in [0.15, 0.2) is 0 Å². The summed E-state index contributed by atoms with van der Waals surface area (Å²) in [6.07, 6.45) is 3.01. The Balaban J connectivity index is 2.23. The molecule has 1 fully saturated rings. The Morgan fingerprint density at radius 3 is 2.53 bits per heavy atom. The van der Waals surface area contributed by atoms with Crippen molar-refractivity contribution in [3.8, 4) is 6.07 Å². The first-order valence-electron chi connectivity index (χ1n) is 7.34. The molecular formula is C14H26N4O. The zero-order valence-corrected chi connectivity index (χ0v) is 12.2. The zero-order valence-electron chi connectivity index (χ0n) is 12.2. The molecule has 0 saturated carbocycles. The second kappa shape index (κ2) is 8.89. The third-order valence-corrected chi connectivity index (χ3v) is 3.60. The van der Waals surface area contributed by atoms with Crippen molar-refractivity contribution in [1.82, 2.24) is 15.1 Å². The average Bonchev–Trinajstić information content (AvgIpc) is 2.42. The van der Waals surface area contributed by atoms with E-state index in [4.69, 9.17) is 5.26 Å². The minimum atomic E-state index is 0.0283. The van der Waals surface area contributed by atoms with E-state index in [0.717, 1.165) is 52.0 Å². The van der Waals surface area contributed by atoms with Gasteiger partial charge in [-0.1, -0.05) is 20.3 Å². The fourth-order valence-electron chi connectivity index (χ4n) is 2.33. The summed E-state index contributed by atoms with van der Waals surface area (Å²) in [5.74, 6) is 0.120. The summed E-state index contributed by atoms with van der Waals surface area (Å²) in [5.41, 5.74) is 0. The van der Waals surface area contributed by atoms with Gasteiger partial charge in [0, 0.05) is 32.7 Å². The minimum Gasteiger partial charge on any atom is -0.355 e. The van der Waals surface area contributed by atoms with Crippen LogP contribution in [0.2, 0.25) is 0 Å². The number of piperazine rings is 1. The maximum atomic E-state index is 11.7. The van der Waals surface area contributed by atoms with E-state index in [-0.39, 0.29) is 11.9 Å². The van der Waals surface area contributed by atoms with Gasteiger partial charge in [0.1, 0.15) is 0 Å². The second-order valence-electron chi connectivity index (χ2n) is 5.07. The van der Waals surface area contributed by atoms with Crippen LogP contribution in [0.1, 0.15) is 33.1 Å². The number of nitrogens with zero attached hydrogens (tertiary/aromatic N) is 3. The standard InChI is InChI=1S/C14H26N4O/c1-3-5-6-16-14(19)12-17-7-9-18(10-8-17)13(4-2)11-15/h13H,3-10,12H2,1-2H3,(H,16,19). The van der Waals surface area contributed by atoms with Gasteiger partial charge < -0.3 is 5.32 Å². The molecule has 1 rings (SSSR count). The number of nitriles is 1. The number of hydrogen-bond acceptors (Lipinski definition) is 4. The van der Waals surface area contributed by atoms with Crippen molar-refractivity contribution >= 4 is 5.91 Å². The molecule has 0 aromatic heterocycles. The van der Waals surface area contributed by atoms with Crippen LogP contribution in [0.3, 0.4) is 0 Å². The Kier molecular flexibility index (Phi) is 7.46. The Morgan fingerprint density at radius 2 is 2.00 bits per heavy atom. The monoisotopic (exact) mass is 266 g/mol. The van der Waals surface area contributed by atoms with Gasteiger partial charge in [-0.15, -0.1) is 0 Å². The van der Waals surface area contributed by atoms with Gasteiger partial charge in [0.2, 0.25) is 5.91 Å². The molecule has 0 radical (unpaired) electrons. The summed E-state index contributed by atoms with van der Waals surface area (Å²) < 4.78 is 0. The minimum absolute atomic E-state index is 0.0283. The van der Waals surface area contributed by atoms with E-state index in [2.05, 4.69) is 28.1 Å². The van der Waals surface area contributed by atoms with Crippen LogP contribution in [0.4, 0.5) is 0 Å². The van der Waals surface area contributed by atoms with Crippen LogP contribution in [-0.4, -0.2) is 61.0 Å². The number of hydrogen-bond donors (Lipinski definition) is 1. The lowest BCUT2D eigenvalue weighted by Gasteiger charge is -2.36. The Morgan fingerprint density at radius 1 is 1.32 bits per heavy atom. The SMILES string of the molecule is CCCCNC(=O)CN1CCN(C(C#N)CC)CC1. The lowest BCUT2D eigenvalue weighted by molar-refractivity contribution is -0.122. The molecule has 1 saturated heterocycles. The van der Waals surface area contributed by atoms with Gasteiger partial charge >= 0.3 is 0 Å². The van der Waals surface area contributed by atoms with Gasteiger partial charge in [-0.2, -0.15) is 5.26 Å². The largest absolute Gasteiger partial charge is 0.355 e. The molecule has 0 spiro atoms. The Hall–Kier alpha value is -1.12. The van der Waals surface area contributed by atoms with E-state index in [1.807, 2.05) is 6.92 Å². The lowest BCUT2D eigenvalue weighted by atomic mass is 10.2. The van der Waals surface area contributed by atoms with Crippen molar-refractivity contribution in [3.05, 3.63) is 0 Å². The van der Waals surface area contributed by atoms with Gasteiger partial charge in [-0.25, -0.2) is 0 Å². The van der Waals surface area contributed by atoms with Crippen LogP contribution in [0.25, 0.3) is 0 Å². The molecule has 1 N–H and O–H groups in total. The van der Waals surface area contributed by atoms with Gasteiger partial charge in [-0.3, -0.25) is 14.6 Å². The number of rotatable bonds is 7. The molecule has 0 aromatic carbocycles. The zero-order chi connectivity index (χ0) is 14.1. The van der Waals surface area contributed by atoms with Gasteiger partial charge in [0.15, 0.2) is 0 Å². The highest BCUT2D eigenvalue weighted by Gasteiger charge is 2.23. The topological polar surface area (TPSA) is 59.4 Å². The van der Waals surface area contributed by atoms with Crippen LogP contribution in [-0.2, 0) is 4.79 Å². The smallest absolute Gasteiger partial charge is 0.234 e. The van der Waals surface area contributed by atoms with Crippen molar-refractivity contribution in [2.75, 3.05) is 39.3 Å². The fraction of sp³-hybridized carbons (Fsp3) is 0.857. The third-order valence-electron chi connectivity index (χ3n) is 3.60. The summed E-state index contributed by atoms with van der Waals surface area (Å²) in [5, 5.41) is 12.0. The van der Waals surface area contributed by atoms with Crippen LogP contribution in [0.5, 0.6) is 0 Å². The van der Waals surface area contributed by atoms with Crippen molar-refractivity contribution in [2.45, 2.75) is 39.2 Å². The number of carbonyl (C=O) groups is 1. The molecular weight excluding hydrogens is 240 g/mol. The highest BCUT2D eigenvalue weighted by Crippen LogP contribution is 2.08. The highest BCUT2D eigenvalue weighted by molar-refractivity contribution is 5.77. The molecule has 19 heavy (non-hydrogen) atoms. The first-order valence-corrected chi connectivity index (χ1v) is 7.34. The Bertz CT molecular complexity index is 305. The van der Waals surface area contributed by atoms with Crippen LogP contribution in [0, 0.1) is 11.3 Å². The first kappa shape index (κ1) is 15.9. The molecule has 1 atom stereocenters. The van der Waals surface area contributed by atoms with E-state index in [1.165, 1.54) is 0 Å². The maximum Gasteiger partial charge on any atom is 0.234 e. The maximum absolute atomic E-state index is 11.7. The summed E-state index contributed by atoms with van der Waals surface area (Å²) >= 11 is 0. The molecule has 5 nitrogen and oxygen atoms in total. The van der Waals surface area contributed by atoms with E-state index >= 15 is 0 Å². The molecule has 1 unspecified atom stereocenters. The average molecular weight is 266 g/mol. The number of unbranched alkanes of at least 4 members (excludes halogenated alkanes) is 1. The fourth-order valence-corrected chi connectivity index (χ4v) is 2.33. The van der Waals surface area contributed by atoms with E-state index in [1.54, 1.807) is 0 Å². The van der Waals surface area contributed by atoms with Gasteiger partial charge in [0.05, 0.1) is 18.7 Å². The number of nitrogens with one attached hydrogen (secondary N) is 1. The predicted octanol–water partition coefficient (Wildman–Crippen LogP) is 0.822. The molecule has 1 amide bonds. The van der Waals surface area contributed by atoms with Crippen molar-refractivity contribution < 1.29 is 4.79 Å². The second-order valence-corrected chi connectivity index (χ2v) is 5.07. The number of carbonyl (C=O) groups excluding carboxylic acids is 1. The molecule has 0 aromatic rings. The number of amides is 1. The third kappa shape index (κ3) is 5.58. The Labute approximate surface area is 116 Å². The van der Waals surface area contributed by atoms with Crippen molar-refractivity contribution in [2.24, 2.45) is 0 Å². The molecule has 0 aliphatic carbocycles. The van der Waals surface area contributed by atoms with Crippen molar-refractivity contribution in [3.63, 3.8) is 0 Å². The van der Waals surface area contributed by atoms with E-state index in [9.17, 15) is 4.79 Å². The molecule has 5 heteroatoms.